The van der Waals surface area contributed by atoms with E-state index in [-0.39, 0.29) is 16.8 Å². The smallest absolute Gasteiger partial charge is 0.261 e. The van der Waals surface area contributed by atoms with Gasteiger partial charge in [0.05, 0.1) is 4.90 Å². The van der Waals surface area contributed by atoms with Gasteiger partial charge >= 0.3 is 0 Å². The monoisotopic (exact) mass is 410 g/mol. The van der Waals surface area contributed by atoms with E-state index in [1.165, 1.54) is 12.1 Å². The topological polar surface area (TPSA) is 66.5 Å². The van der Waals surface area contributed by atoms with Crippen molar-refractivity contribution in [3.8, 4) is 0 Å². The first kappa shape index (κ1) is 18.5. The molecular formula is C17H19BrN2O3S. The molecule has 1 N–H and O–H groups in total. The fraction of sp³-hybridized carbons (Fsp3) is 0.235. The van der Waals surface area contributed by atoms with E-state index < -0.39 is 10.0 Å². The number of anilines is 1. The van der Waals surface area contributed by atoms with Crippen LogP contribution < -0.4 is 4.72 Å². The summed E-state index contributed by atoms with van der Waals surface area (Å²) in [5.74, 6) is -0.217. The van der Waals surface area contributed by atoms with Crippen LogP contribution in [0.25, 0.3) is 0 Å². The van der Waals surface area contributed by atoms with Crippen molar-refractivity contribution in [2.45, 2.75) is 24.8 Å². The standard InChI is InChI=1S/C17H19BrN2O3S/c1-12(2)20(3)17(21)13-5-4-6-16(11-13)24(22,23)19-15-9-7-14(18)8-10-15/h4-12,19H,1-3H3. The largest absolute Gasteiger partial charge is 0.339 e. The number of carbonyl (C=O) groups is 1. The maximum Gasteiger partial charge on any atom is 0.261 e. The maximum absolute atomic E-state index is 12.5. The van der Waals surface area contributed by atoms with Crippen LogP contribution in [0.3, 0.4) is 0 Å². The number of benzene rings is 2. The minimum Gasteiger partial charge on any atom is -0.339 e. The van der Waals surface area contributed by atoms with Gasteiger partial charge in [0.2, 0.25) is 0 Å². The molecule has 0 radical (unpaired) electrons. The Labute approximate surface area is 150 Å². The van der Waals surface area contributed by atoms with E-state index >= 15 is 0 Å². The third-order valence-corrected chi connectivity index (χ3v) is 5.49. The van der Waals surface area contributed by atoms with Gasteiger partial charge in [0, 0.05) is 28.8 Å². The zero-order valence-electron chi connectivity index (χ0n) is 13.7. The third kappa shape index (κ3) is 4.36. The number of hydrogen-bond acceptors (Lipinski definition) is 3. The van der Waals surface area contributed by atoms with E-state index in [0.717, 1.165) is 4.47 Å². The van der Waals surface area contributed by atoms with E-state index in [9.17, 15) is 13.2 Å². The van der Waals surface area contributed by atoms with E-state index in [1.807, 2.05) is 13.8 Å². The second-order valence-electron chi connectivity index (χ2n) is 5.65. The highest BCUT2D eigenvalue weighted by Gasteiger charge is 2.19. The SMILES string of the molecule is CC(C)N(C)C(=O)c1cccc(S(=O)(=O)Nc2ccc(Br)cc2)c1. The molecule has 24 heavy (non-hydrogen) atoms. The van der Waals surface area contributed by atoms with Crippen molar-refractivity contribution in [3.05, 3.63) is 58.6 Å². The summed E-state index contributed by atoms with van der Waals surface area (Å²) in [5.41, 5.74) is 0.791. The average molecular weight is 411 g/mol. The number of rotatable bonds is 5. The molecule has 0 saturated carbocycles. The lowest BCUT2D eigenvalue weighted by Gasteiger charge is -2.21. The van der Waals surface area contributed by atoms with Gasteiger partial charge in [0.25, 0.3) is 15.9 Å². The van der Waals surface area contributed by atoms with E-state index in [1.54, 1.807) is 48.3 Å². The Morgan fingerprint density at radius 3 is 2.33 bits per heavy atom. The summed E-state index contributed by atoms with van der Waals surface area (Å²) in [6.45, 7) is 3.79. The maximum atomic E-state index is 12.5. The van der Waals surface area contributed by atoms with Gasteiger partial charge in [0.1, 0.15) is 0 Å². The predicted octanol–water partition coefficient (Wildman–Crippen LogP) is 3.73. The van der Waals surface area contributed by atoms with Crippen LogP contribution in [0.4, 0.5) is 5.69 Å². The van der Waals surface area contributed by atoms with Crippen molar-refractivity contribution in [2.24, 2.45) is 0 Å². The Hall–Kier alpha value is -1.86. The molecule has 0 aliphatic rings. The van der Waals surface area contributed by atoms with E-state index in [2.05, 4.69) is 20.7 Å². The van der Waals surface area contributed by atoms with Gasteiger partial charge in [-0.05, 0) is 56.3 Å². The number of halogens is 1. The molecule has 0 spiro atoms. The normalized spacial score (nSPS) is 11.4. The van der Waals surface area contributed by atoms with Crippen molar-refractivity contribution in [1.82, 2.24) is 4.90 Å². The molecule has 0 aliphatic carbocycles. The molecule has 2 rings (SSSR count). The Morgan fingerprint density at radius 2 is 1.75 bits per heavy atom. The minimum absolute atomic E-state index is 0.0265. The second kappa shape index (κ2) is 7.36. The lowest BCUT2D eigenvalue weighted by Crippen LogP contribution is -2.33. The van der Waals surface area contributed by atoms with Crippen LogP contribution in [0, 0.1) is 0 Å². The molecule has 0 unspecified atom stereocenters. The van der Waals surface area contributed by atoms with Gasteiger partial charge in [-0.25, -0.2) is 8.42 Å². The number of amides is 1. The first-order chi connectivity index (χ1) is 11.2. The van der Waals surface area contributed by atoms with Crippen LogP contribution in [0.1, 0.15) is 24.2 Å². The molecule has 7 heteroatoms. The van der Waals surface area contributed by atoms with Gasteiger partial charge in [-0.2, -0.15) is 0 Å². The number of nitrogens with zero attached hydrogens (tertiary/aromatic N) is 1. The summed E-state index contributed by atoms with van der Waals surface area (Å²) in [6, 6.07) is 12.9. The molecule has 0 saturated heterocycles. The van der Waals surface area contributed by atoms with Gasteiger partial charge in [-0.3, -0.25) is 9.52 Å². The lowest BCUT2D eigenvalue weighted by molar-refractivity contribution is 0.0754. The molecule has 0 heterocycles. The fourth-order valence-electron chi connectivity index (χ4n) is 1.97. The molecule has 0 aliphatic heterocycles. The molecule has 0 bridgehead atoms. The number of carbonyl (C=O) groups excluding carboxylic acids is 1. The van der Waals surface area contributed by atoms with E-state index in [4.69, 9.17) is 0 Å². The van der Waals surface area contributed by atoms with Crippen LogP contribution in [-0.4, -0.2) is 32.3 Å². The van der Waals surface area contributed by atoms with Gasteiger partial charge in [-0.15, -0.1) is 0 Å². The van der Waals surface area contributed by atoms with E-state index in [0.29, 0.717) is 11.3 Å². The van der Waals surface area contributed by atoms with Gasteiger partial charge in [0.15, 0.2) is 0 Å². The van der Waals surface area contributed by atoms with Crippen LogP contribution in [0.2, 0.25) is 0 Å². The highest BCUT2D eigenvalue weighted by atomic mass is 79.9. The highest BCUT2D eigenvalue weighted by Crippen LogP contribution is 2.20. The zero-order valence-corrected chi connectivity index (χ0v) is 16.1. The lowest BCUT2D eigenvalue weighted by atomic mass is 10.2. The number of hydrogen-bond donors (Lipinski definition) is 1. The van der Waals surface area contributed by atoms with Crippen molar-refractivity contribution < 1.29 is 13.2 Å². The molecule has 0 fully saturated rings. The Bertz CT molecular complexity index is 833. The summed E-state index contributed by atoms with van der Waals surface area (Å²) in [5, 5.41) is 0. The first-order valence-corrected chi connectivity index (χ1v) is 9.64. The van der Waals surface area contributed by atoms with Crippen LogP contribution >= 0.6 is 15.9 Å². The van der Waals surface area contributed by atoms with Crippen LogP contribution in [0.5, 0.6) is 0 Å². The third-order valence-electron chi connectivity index (χ3n) is 3.58. The van der Waals surface area contributed by atoms with Crippen LogP contribution in [0.15, 0.2) is 57.9 Å². The predicted molar refractivity (Wildman–Crippen MR) is 98.6 cm³/mol. The molecule has 0 aromatic heterocycles. The highest BCUT2D eigenvalue weighted by molar-refractivity contribution is 9.10. The van der Waals surface area contributed by atoms with Gasteiger partial charge in [-0.1, -0.05) is 22.0 Å². The van der Waals surface area contributed by atoms with Gasteiger partial charge < -0.3 is 4.90 Å². The fourth-order valence-corrected chi connectivity index (χ4v) is 3.33. The number of nitrogens with one attached hydrogen (secondary N) is 1. The average Bonchev–Trinajstić information content (AvgIpc) is 2.55. The summed E-state index contributed by atoms with van der Waals surface area (Å²) in [4.78, 5) is 14.0. The molecule has 128 valence electrons. The quantitative estimate of drug-likeness (QED) is 0.816. The van der Waals surface area contributed by atoms with Crippen LogP contribution in [-0.2, 0) is 10.0 Å². The molecule has 2 aromatic rings. The molecular weight excluding hydrogens is 392 g/mol. The zero-order chi connectivity index (χ0) is 17.9. The molecule has 2 aromatic carbocycles. The first-order valence-electron chi connectivity index (χ1n) is 7.36. The second-order valence-corrected chi connectivity index (χ2v) is 8.25. The summed E-state index contributed by atoms with van der Waals surface area (Å²) in [7, 11) is -2.08. The Morgan fingerprint density at radius 1 is 1.12 bits per heavy atom. The Kier molecular flexibility index (Phi) is 5.66. The van der Waals surface area contributed by atoms with Crippen molar-refractivity contribution in [2.75, 3.05) is 11.8 Å². The van der Waals surface area contributed by atoms with Crippen molar-refractivity contribution in [1.29, 1.82) is 0 Å². The minimum atomic E-state index is -3.76. The summed E-state index contributed by atoms with van der Waals surface area (Å²) >= 11 is 3.30. The summed E-state index contributed by atoms with van der Waals surface area (Å²) < 4.78 is 28.4. The van der Waals surface area contributed by atoms with Crippen molar-refractivity contribution >= 4 is 37.5 Å². The molecule has 1 amide bonds. The van der Waals surface area contributed by atoms with Crippen molar-refractivity contribution in [3.63, 3.8) is 0 Å². The Balaban J connectivity index is 2.29. The molecule has 5 nitrogen and oxygen atoms in total. The number of sulfonamides is 1. The summed E-state index contributed by atoms with van der Waals surface area (Å²) in [6.07, 6.45) is 0. The molecule has 0 atom stereocenters.